The third kappa shape index (κ3) is 3.21. The Morgan fingerprint density at radius 1 is 1.27 bits per heavy atom. The van der Waals surface area contributed by atoms with Crippen LogP contribution in [-0.4, -0.2) is 22.0 Å². The number of phenols is 1. The molecule has 2 N–H and O–H groups in total. The quantitative estimate of drug-likeness (QED) is 0.651. The predicted molar refractivity (Wildman–Crippen MR) is 56.9 cm³/mol. The molecule has 15 heavy (non-hydrogen) atoms. The lowest BCUT2D eigenvalue weighted by molar-refractivity contribution is -0.131. The van der Waals surface area contributed by atoms with Gasteiger partial charge in [-0.15, -0.1) is 0 Å². The van der Waals surface area contributed by atoms with Gasteiger partial charge in [0.05, 0.1) is 5.56 Å². The van der Waals surface area contributed by atoms with E-state index >= 15 is 0 Å². The normalized spacial score (nSPS) is 10.5. The Morgan fingerprint density at radius 2 is 1.93 bits per heavy atom. The molecule has 0 fully saturated rings. The molecule has 0 aliphatic carbocycles. The molecule has 1 aromatic rings. The number of phenolic OH excluding ortho intramolecular Hbond substituents is 1. The van der Waals surface area contributed by atoms with Gasteiger partial charge in [-0.05, 0) is 24.3 Å². The van der Waals surface area contributed by atoms with Crippen molar-refractivity contribution in [2.24, 2.45) is 0 Å². The van der Waals surface area contributed by atoms with Crippen LogP contribution < -0.4 is 0 Å². The third-order valence-corrected chi connectivity index (χ3v) is 2.09. The van der Waals surface area contributed by atoms with Crippen molar-refractivity contribution in [3.63, 3.8) is 0 Å². The fourth-order valence-corrected chi connectivity index (χ4v) is 1.30. The van der Waals surface area contributed by atoms with Gasteiger partial charge in [-0.2, -0.15) is 0 Å². The number of carboxylic acids is 1. The second kappa shape index (κ2) is 4.75. The number of carbonyl (C=O) groups is 2. The lowest BCUT2D eigenvalue weighted by Gasteiger charge is -2.00. The third-order valence-electron chi connectivity index (χ3n) is 1.60. The zero-order valence-electron chi connectivity index (χ0n) is 7.48. The molecular weight excluding hydrogens is 264 g/mol. The number of ketones is 1. The molecule has 0 atom stereocenters. The maximum atomic E-state index is 11.4. The second-order valence-corrected chi connectivity index (χ2v) is 3.61. The predicted octanol–water partition coefficient (Wildman–Crippen LogP) is 1.98. The van der Waals surface area contributed by atoms with Gasteiger partial charge in [-0.25, -0.2) is 4.79 Å². The highest BCUT2D eigenvalue weighted by atomic mass is 79.9. The van der Waals surface area contributed by atoms with Gasteiger partial charge < -0.3 is 10.2 Å². The second-order valence-electron chi connectivity index (χ2n) is 2.70. The van der Waals surface area contributed by atoms with Crippen LogP contribution in [0.25, 0.3) is 0 Å². The summed E-state index contributed by atoms with van der Waals surface area (Å²) in [6.45, 7) is 0. The van der Waals surface area contributed by atoms with Crippen molar-refractivity contribution in [3.05, 3.63) is 40.4 Å². The Hall–Kier alpha value is -1.62. The number of benzene rings is 1. The molecule has 0 unspecified atom stereocenters. The van der Waals surface area contributed by atoms with Crippen LogP contribution in [0.3, 0.4) is 0 Å². The number of aliphatic carboxylic acids is 1. The van der Waals surface area contributed by atoms with Gasteiger partial charge in [0.2, 0.25) is 0 Å². The summed E-state index contributed by atoms with van der Waals surface area (Å²) in [5.74, 6) is -1.95. The van der Waals surface area contributed by atoms with Gasteiger partial charge in [0.1, 0.15) is 5.75 Å². The molecule has 0 bridgehead atoms. The van der Waals surface area contributed by atoms with Crippen LogP contribution in [0.5, 0.6) is 5.75 Å². The molecule has 0 amide bonds. The lowest BCUT2D eigenvalue weighted by Crippen LogP contribution is -1.97. The van der Waals surface area contributed by atoms with E-state index in [4.69, 9.17) is 5.11 Å². The highest BCUT2D eigenvalue weighted by Gasteiger charge is 2.08. The van der Waals surface area contributed by atoms with E-state index in [0.717, 1.165) is 12.2 Å². The fourth-order valence-electron chi connectivity index (χ4n) is 0.942. The summed E-state index contributed by atoms with van der Waals surface area (Å²) in [7, 11) is 0. The molecule has 0 saturated carbocycles. The smallest absolute Gasteiger partial charge is 0.328 e. The minimum atomic E-state index is -1.21. The molecule has 0 aliphatic heterocycles. The first-order valence-corrected chi connectivity index (χ1v) is 4.74. The van der Waals surface area contributed by atoms with Crippen molar-refractivity contribution in [1.29, 1.82) is 0 Å². The number of carboxylic acid groups (broad SMARTS) is 1. The Labute approximate surface area is 94.0 Å². The molecule has 4 nitrogen and oxygen atoms in total. The van der Waals surface area contributed by atoms with E-state index in [-0.39, 0.29) is 11.3 Å². The van der Waals surface area contributed by atoms with Gasteiger partial charge in [0.15, 0.2) is 5.78 Å². The van der Waals surface area contributed by atoms with Crippen LogP contribution in [0.4, 0.5) is 0 Å². The minimum Gasteiger partial charge on any atom is -0.507 e. The SMILES string of the molecule is O=C(O)/C=C/C(=O)c1cc(Br)ccc1O. The Balaban J connectivity index is 3.01. The number of halogens is 1. The van der Waals surface area contributed by atoms with Crippen LogP contribution >= 0.6 is 15.9 Å². The first-order chi connectivity index (χ1) is 7.00. The molecule has 0 heterocycles. The van der Waals surface area contributed by atoms with E-state index in [9.17, 15) is 14.7 Å². The standard InChI is InChI=1S/C10H7BrO4/c11-6-1-2-8(12)7(5-6)9(13)3-4-10(14)15/h1-5,12H,(H,14,15)/b4-3+. The highest BCUT2D eigenvalue weighted by molar-refractivity contribution is 9.10. The molecule has 78 valence electrons. The van der Waals surface area contributed by atoms with Gasteiger partial charge in [-0.1, -0.05) is 15.9 Å². The number of hydrogen-bond donors (Lipinski definition) is 2. The maximum Gasteiger partial charge on any atom is 0.328 e. The van der Waals surface area contributed by atoms with E-state index in [1.54, 1.807) is 6.07 Å². The largest absolute Gasteiger partial charge is 0.507 e. The first-order valence-electron chi connectivity index (χ1n) is 3.94. The summed E-state index contributed by atoms with van der Waals surface area (Å²) in [6.07, 6.45) is 1.62. The Kier molecular flexibility index (Phi) is 3.62. The van der Waals surface area contributed by atoms with E-state index < -0.39 is 11.8 Å². The van der Waals surface area contributed by atoms with Crippen molar-refractivity contribution in [1.82, 2.24) is 0 Å². The fraction of sp³-hybridized carbons (Fsp3) is 0. The van der Waals surface area contributed by atoms with E-state index in [1.165, 1.54) is 12.1 Å². The number of aromatic hydroxyl groups is 1. The average molecular weight is 271 g/mol. The summed E-state index contributed by atoms with van der Waals surface area (Å²) in [4.78, 5) is 21.6. The minimum absolute atomic E-state index is 0.0573. The van der Waals surface area contributed by atoms with Gasteiger partial charge in [0, 0.05) is 10.5 Å². The van der Waals surface area contributed by atoms with Crippen molar-refractivity contribution in [2.45, 2.75) is 0 Å². The number of hydrogen-bond acceptors (Lipinski definition) is 3. The van der Waals surface area contributed by atoms with E-state index in [0.29, 0.717) is 4.47 Å². The molecule has 0 spiro atoms. The zero-order valence-corrected chi connectivity index (χ0v) is 9.06. The van der Waals surface area contributed by atoms with Crippen molar-refractivity contribution in [2.75, 3.05) is 0 Å². The van der Waals surface area contributed by atoms with Crippen molar-refractivity contribution >= 4 is 27.7 Å². The van der Waals surface area contributed by atoms with Gasteiger partial charge >= 0.3 is 5.97 Å². The molecule has 0 aromatic heterocycles. The summed E-state index contributed by atoms with van der Waals surface area (Å²) >= 11 is 3.14. The molecule has 0 saturated heterocycles. The topological polar surface area (TPSA) is 74.6 Å². The molecule has 5 heteroatoms. The number of carbonyl (C=O) groups excluding carboxylic acids is 1. The first kappa shape index (κ1) is 11.5. The number of rotatable bonds is 3. The van der Waals surface area contributed by atoms with E-state index in [1.807, 2.05) is 0 Å². The zero-order chi connectivity index (χ0) is 11.4. The van der Waals surface area contributed by atoms with Crippen molar-refractivity contribution < 1.29 is 19.8 Å². The van der Waals surface area contributed by atoms with Crippen LogP contribution in [0, 0.1) is 0 Å². The molecule has 1 aromatic carbocycles. The highest BCUT2D eigenvalue weighted by Crippen LogP contribution is 2.22. The summed E-state index contributed by atoms with van der Waals surface area (Å²) in [5, 5.41) is 17.7. The van der Waals surface area contributed by atoms with Crippen LogP contribution in [0.1, 0.15) is 10.4 Å². The molecule has 0 radical (unpaired) electrons. The van der Waals surface area contributed by atoms with Gasteiger partial charge in [0.25, 0.3) is 0 Å². The molecule has 0 aliphatic rings. The average Bonchev–Trinajstić information content (AvgIpc) is 2.18. The Bertz CT molecular complexity index is 437. The van der Waals surface area contributed by atoms with Crippen LogP contribution in [0.2, 0.25) is 0 Å². The summed E-state index contributed by atoms with van der Waals surface area (Å²) in [5.41, 5.74) is 0.0573. The summed E-state index contributed by atoms with van der Waals surface area (Å²) < 4.78 is 0.632. The molecular formula is C10H7BrO4. The van der Waals surface area contributed by atoms with Crippen molar-refractivity contribution in [3.8, 4) is 5.75 Å². The lowest BCUT2D eigenvalue weighted by atomic mass is 10.1. The monoisotopic (exact) mass is 270 g/mol. The van der Waals surface area contributed by atoms with E-state index in [2.05, 4.69) is 15.9 Å². The van der Waals surface area contributed by atoms with Gasteiger partial charge in [-0.3, -0.25) is 4.79 Å². The van der Waals surface area contributed by atoms with Crippen LogP contribution in [0.15, 0.2) is 34.8 Å². The summed E-state index contributed by atoms with van der Waals surface area (Å²) in [6, 6.07) is 4.35. The Morgan fingerprint density at radius 3 is 2.53 bits per heavy atom. The molecule has 1 rings (SSSR count). The number of allylic oxidation sites excluding steroid dienone is 1. The van der Waals surface area contributed by atoms with Crippen LogP contribution in [-0.2, 0) is 4.79 Å². The maximum absolute atomic E-state index is 11.4.